The van der Waals surface area contributed by atoms with Gasteiger partial charge in [0.1, 0.15) is 24.5 Å². The van der Waals surface area contributed by atoms with E-state index in [2.05, 4.69) is 25.3 Å². The molecule has 1 aliphatic rings. The minimum atomic E-state index is -0.385. The summed E-state index contributed by atoms with van der Waals surface area (Å²) in [4.78, 5) is 23.2. The highest BCUT2D eigenvalue weighted by molar-refractivity contribution is 5.79. The Kier molecular flexibility index (Phi) is 5.98. The first-order valence-electron chi connectivity index (χ1n) is 9.06. The van der Waals surface area contributed by atoms with E-state index < -0.39 is 0 Å². The van der Waals surface area contributed by atoms with Crippen molar-refractivity contribution in [3.05, 3.63) is 36.5 Å². The second-order valence-electron chi connectivity index (χ2n) is 6.51. The van der Waals surface area contributed by atoms with Crippen molar-refractivity contribution in [3.8, 4) is 0 Å². The van der Waals surface area contributed by atoms with Gasteiger partial charge in [0.25, 0.3) is 0 Å². The molecule has 1 amide bonds. The Morgan fingerprint density at radius 2 is 2.00 bits per heavy atom. The van der Waals surface area contributed by atoms with Crippen molar-refractivity contribution < 1.29 is 4.79 Å². The maximum atomic E-state index is 12.4. The summed E-state index contributed by atoms with van der Waals surface area (Å²) in [7, 11) is 0. The van der Waals surface area contributed by atoms with Crippen molar-refractivity contribution in [1.82, 2.24) is 25.1 Å². The third kappa shape index (κ3) is 4.55. The van der Waals surface area contributed by atoms with Crippen LogP contribution in [-0.4, -0.2) is 38.7 Å². The number of aromatic nitrogens is 4. The highest BCUT2D eigenvalue weighted by Crippen LogP contribution is 2.21. The first-order valence-corrected chi connectivity index (χ1v) is 9.06. The maximum absolute atomic E-state index is 12.4. The van der Waals surface area contributed by atoms with Gasteiger partial charge in [-0.1, -0.05) is 25.3 Å². The molecule has 3 rings (SSSR count). The fourth-order valence-corrected chi connectivity index (χ4v) is 3.18. The number of carbonyl (C=O) groups is 1. The fourth-order valence-electron chi connectivity index (χ4n) is 3.18. The van der Waals surface area contributed by atoms with Crippen LogP contribution in [0.1, 0.15) is 50.6 Å². The molecule has 0 spiro atoms. The van der Waals surface area contributed by atoms with E-state index in [-0.39, 0.29) is 11.9 Å². The first-order chi connectivity index (χ1) is 12.3. The monoisotopic (exact) mass is 342 g/mol. The lowest BCUT2D eigenvalue weighted by molar-refractivity contribution is -0.124. The van der Waals surface area contributed by atoms with Crippen LogP contribution in [0.5, 0.6) is 0 Å². The van der Waals surface area contributed by atoms with Crippen molar-refractivity contribution in [2.75, 3.05) is 18.0 Å². The van der Waals surface area contributed by atoms with Crippen molar-refractivity contribution in [3.63, 3.8) is 0 Å². The summed E-state index contributed by atoms with van der Waals surface area (Å²) in [6.45, 7) is 4.35. The van der Waals surface area contributed by atoms with Crippen LogP contribution in [0.15, 0.2) is 31.0 Å². The van der Waals surface area contributed by atoms with Crippen LogP contribution >= 0.6 is 0 Å². The fraction of sp³-hybridized carbons (Fsp3) is 0.556. The Morgan fingerprint density at radius 3 is 2.72 bits per heavy atom. The number of anilines is 1. The lowest BCUT2D eigenvalue weighted by Crippen LogP contribution is -2.33. The predicted molar refractivity (Wildman–Crippen MR) is 96.1 cm³/mol. The summed E-state index contributed by atoms with van der Waals surface area (Å²) in [5.41, 5.74) is 1.06. The number of hydrogen-bond donors (Lipinski definition) is 1. The molecule has 3 heterocycles. The summed E-state index contributed by atoms with van der Waals surface area (Å²) in [6, 6.07) is 3.58. The van der Waals surface area contributed by atoms with Gasteiger partial charge in [0.2, 0.25) is 5.91 Å². The summed E-state index contributed by atoms with van der Waals surface area (Å²) >= 11 is 0. The van der Waals surface area contributed by atoms with E-state index in [1.54, 1.807) is 11.0 Å². The van der Waals surface area contributed by atoms with Gasteiger partial charge in [-0.15, -0.1) is 0 Å². The molecule has 1 fully saturated rings. The van der Waals surface area contributed by atoms with Gasteiger partial charge in [0.05, 0.1) is 0 Å². The number of pyridine rings is 1. The van der Waals surface area contributed by atoms with Gasteiger partial charge in [0, 0.05) is 31.4 Å². The Hall–Kier alpha value is -2.44. The molecule has 25 heavy (non-hydrogen) atoms. The van der Waals surface area contributed by atoms with Crippen LogP contribution in [-0.2, 0) is 11.3 Å². The zero-order chi connectivity index (χ0) is 17.5. The molecule has 134 valence electrons. The van der Waals surface area contributed by atoms with E-state index in [9.17, 15) is 4.79 Å². The molecule has 0 radical (unpaired) electrons. The van der Waals surface area contributed by atoms with Crippen LogP contribution in [0.4, 0.5) is 5.82 Å². The summed E-state index contributed by atoms with van der Waals surface area (Å²) in [5.74, 6) is 0.922. The smallest absolute Gasteiger partial charge is 0.244 e. The van der Waals surface area contributed by atoms with Crippen molar-refractivity contribution in [2.45, 2.75) is 51.6 Å². The maximum Gasteiger partial charge on any atom is 0.244 e. The van der Waals surface area contributed by atoms with Crippen LogP contribution in [0.25, 0.3) is 0 Å². The molecule has 2 aromatic rings. The van der Waals surface area contributed by atoms with Gasteiger partial charge < -0.3 is 10.2 Å². The minimum Gasteiger partial charge on any atom is -0.356 e. The van der Waals surface area contributed by atoms with Crippen LogP contribution in [0.3, 0.4) is 0 Å². The molecular formula is C18H26N6O. The zero-order valence-corrected chi connectivity index (χ0v) is 14.8. The summed E-state index contributed by atoms with van der Waals surface area (Å²) in [6.07, 6.45) is 11.1. The Balaban J connectivity index is 1.65. The SMILES string of the molecule is CC(C(=O)NCc1cccnc1N1CCCCCCC1)n1cncn1. The summed E-state index contributed by atoms with van der Waals surface area (Å²) < 4.78 is 1.55. The van der Waals surface area contributed by atoms with E-state index in [1.165, 1.54) is 38.4 Å². The van der Waals surface area contributed by atoms with E-state index in [0.717, 1.165) is 24.5 Å². The lowest BCUT2D eigenvalue weighted by Gasteiger charge is -2.27. The Labute approximate surface area is 148 Å². The molecular weight excluding hydrogens is 316 g/mol. The van der Waals surface area contributed by atoms with Crippen molar-refractivity contribution in [1.29, 1.82) is 0 Å². The number of nitrogens with zero attached hydrogens (tertiary/aromatic N) is 5. The zero-order valence-electron chi connectivity index (χ0n) is 14.8. The average molecular weight is 342 g/mol. The second-order valence-corrected chi connectivity index (χ2v) is 6.51. The predicted octanol–water partition coefficient (Wildman–Crippen LogP) is 2.32. The number of carbonyl (C=O) groups excluding carboxylic acids is 1. The molecule has 0 saturated carbocycles. The van der Waals surface area contributed by atoms with E-state index in [1.807, 2.05) is 25.3 Å². The lowest BCUT2D eigenvalue weighted by atomic mass is 10.1. The topological polar surface area (TPSA) is 75.9 Å². The molecule has 1 aliphatic heterocycles. The van der Waals surface area contributed by atoms with Crippen molar-refractivity contribution >= 4 is 11.7 Å². The minimum absolute atomic E-state index is 0.0760. The molecule has 1 N–H and O–H groups in total. The largest absolute Gasteiger partial charge is 0.356 e. The van der Waals surface area contributed by atoms with Crippen LogP contribution in [0, 0.1) is 0 Å². The molecule has 1 unspecified atom stereocenters. The van der Waals surface area contributed by atoms with E-state index in [0.29, 0.717) is 6.54 Å². The third-order valence-corrected chi connectivity index (χ3v) is 4.69. The average Bonchev–Trinajstić information content (AvgIpc) is 3.14. The number of nitrogens with one attached hydrogen (secondary N) is 1. The van der Waals surface area contributed by atoms with Gasteiger partial charge in [-0.25, -0.2) is 14.6 Å². The first kappa shape index (κ1) is 17.4. The van der Waals surface area contributed by atoms with Crippen LogP contribution < -0.4 is 10.2 Å². The normalized spacial score (nSPS) is 16.8. The molecule has 1 saturated heterocycles. The van der Waals surface area contributed by atoms with E-state index in [4.69, 9.17) is 0 Å². The summed E-state index contributed by atoms with van der Waals surface area (Å²) in [5, 5.41) is 7.03. The molecule has 2 aromatic heterocycles. The molecule has 7 heteroatoms. The van der Waals surface area contributed by atoms with Crippen molar-refractivity contribution in [2.24, 2.45) is 0 Å². The standard InChI is InChI=1S/C18H26N6O/c1-15(24-14-19-13-22-24)18(25)21-12-16-8-7-9-20-17(16)23-10-5-3-2-4-6-11-23/h7-9,13-15H,2-6,10-12H2,1H3,(H,21,25). The molecule has 0 bridgehead atoms. The number of rotatable bonds is 5. The van der Waals surface area contributed by atoms with Gasteiger partial charge in [-0.05, 0) is 25.8 Å². The Morgan fingerprint density at radius 1 is 1.24 bits per heavy atom. The third-order valence-electron chi connectivity index (χ3n) is 4.69. The molecule has 1 atom stereocenters. The van der Waals surface area contributed by atoms with Gasteiger partial charge in [0.15, 0.2) is 0 Å². The molecule has 0 aliphatic carbocycles. The quantitative estimate of drug-likeness (QED) is 0.902. The molecule has 0 aromatic carbocycles. The van der Waals surface area contributed by atoms with Gasteiger partial charge in [-0.3, -0.25) is 4.79 Å². The van der Waals surface area contributed by atoms with E-state index >= 15 is 0 Å². The highest BCUT2D eigenvalue weighted by atomic mass is 16.2. The molecule has 7 nitrogen and oxygen atoms in total. The van der Waals surface area contributed by atoms with Crippen LogP contribution in [0.2, 0.25) is 0 Å². The van der Waals surface area contributed by atoms with Gasteiger partial charge >= 0.3 is 0 Å². The number of hydrogen-bond acceptors (Lipinski definition) is 5. The second kappa shape index (κ2) is 8.60. The highest BCUT2D eigenvalue weighted by Gasteiger charge is 2.17. The van der Waals surface area contributed by atoms with Gasteiger partial charge in [-0.2, -0.15) is 5.10 Å². The number of amides is 1. The Bertz CT molecular complexity index is 664.